The van der Waals surface area contributed by atoms with Crippen molar-refractivity contribution in [1.29, 1.82) is 0 Å². The third-order valence-electron chi connectivity index (χ3n) is 6.69. The quantitative estimate of drug-likeness (QED) is 0.232. The average Bonchev–Trinajstić information content (AvgIpc) is 3.33. The van der Waals surface area contributed by atoms with Crippen LogP contribution in [0.4, 0.5) is 17.2 Å². The lowest BCUT2D eigenvalue weighted by atomic mass is 10.1. The number of sulfone groups is 1. The zero-order chi connectivity index (χ0) is 28.1. The van der Waals surface area contributed by atoms with Gasteiger partial charge >= 0.3 is 0 Å². The monoisotopic (exact) mass is 559 g/mol. The number of benzene rings is 3. The molecule has 3 aromatic carbocycles. The highest BCUT2D eigenvalue weighted by atomic mass is 32.2. The van der Waals surface area contributed by atoms with Gasteiger partial charge in [-0.05, 0) is 36.9 Å². The number of nitrogens with one attached hydrogen (secondary N) is 2. The summed E-state index contributed by atoms with van der Waals surface area (Å²) in [6.07, 6.45) is 4.66. The highest BCUT2D eigenvalue weighted by molar-refractivity contribution is 7.90. The van der Waals surface area contributed by atoms with Gasteiger partial charge in [0.1, 0.15) is 27.7 Å². The summed E-state index contributed by atoms with van der Waals surface area (Å²) in [6, 6.07) is 20.3. The van der Waals surface area contributed by atoms with Crippen LogP contribution in [0.2, 0.25) is 0 Å². The number of aromatic nitrogens is 4. The Morgan fingerprint density at radius 3 is 2.62 bits per heavy atom. The van der Waals surface area contributed by atoms with Gasteiger partial charge in [-0.2, -0.15) is 5.10 Å². The fourth-order valence-electron chi connectivity index (χ4n) is 4.49. The predicted molar refractivity (Wildman–Crippen MR) is 160 cm³/mol. The summed E-state index contributed by atoms with van der Waals surface area (Å²) < 4.78 is 30.5. The van der Waals surface area contributed by atoms with E-state index < -0.39 is 9.84 Å². The van der Waals surface area contributed by atoms with E-state index in [2.05, 4.69) is 50.0 Å². The van der Waals surface area contributed by atoms with Crippen LogP contribution >= 0.6 is 0 Å². The largest absolute Gasteiger partial charge is 0.495 e. The minimum absolute atomic E-state index is 0.134. The molecule has 0 bridgehead atoms. The van der Waals surface area contributed by atoms with E-state index in [0.717, 1.165) is 33.2 Å². The van der Waals surface area contributed by atoms with Gasteiger partial charge in [0.05, 0.1) is 42.3 Å². The van der Waals surface area contributed by atoms with E-state index in [9.17, 15) is 8.42 Å². The number of hydrogen-bond acceptors (Lipinski definition) is 9. The first kappa shape index (κ1) is 27.4. The maximum atomic E-state index is 11.5. The Balaban J connectivity index is 1.33. The second-order valence-electron chi connectivity index (χ2n) is 9.84. The molecule has 0 atom stereocenters. The summed E-state index contributed by atoms with van der Waals surface area (Å²) in [4.78, 5) is 10.9. The molecule has 0 saturated heterocycles. The second kappa shape index (κ2) is 11.9. The van der Waals surface area contributed by atoms with Gasteiger partial charge in [-0.25, -0.2) is 18.4 Å². The molecule has 0 fully saturated rings. The van der Waals surface area contributed by atoms with Crippen molar-refractivity contribution in [3.8, 4) is 5.75 Å². The third-order valence-corrected chi connectivity index (χ3v) is 7.61. The molecule has 40 heavy (non-hydrogen) atoms. The Bertz CT molecular complexity index is 1720. The Morgan fingerprint density at radius 1 is 1.02 bits per heavy atom. The van der Waals surface area contributed by atoms with E-state index in [4.69, 9.17) is 4.74 Å². The Kier molecular flexibility index (Phi) is 8.13. The predicted octanol–water partition coefficient (Wildman–Crippen LogP) is 4.17. The van der Waals surface area contributed by atoms with Crippen LogP contribution in [0.5, 0.6) is 5.75 Å². The number of ether oxygens (including phenoxy) is 1. The molecule has 5 rings (SSSR count). The van der Waals surface area contributed by atoms with Crippen molar-refractivity contribution in [3.05, 3.63) is 78.8 Å². The number of fused-ring (bicyclic) bond motifs is 2. The van der Waals surface area contributed by atoms with Crippen LogP contribution in [0.1, 0.15) is 5.56 Å². The number of hydrogen-bond donors (Lipinski definition) is 2. The van der Waals surface area contributed by atoms with Crippen molar-refractivity contribution in [3.63, 3.8) is 0 Å². The molecular weight excluding hydrogens is 526 g/mol. The Morgan fingerprint density at radius 2 is 1.85 bits per heavy atom. The zero-order valence-corrected chi connectivity index (χ0v) is 23.6. The van der Waals surface area contributed by atoms with E-state index >= 15 is 0 Å². The van der Waals surface area contributed by atoms with Crippen LogP contribution in [0, 0.1) is 0 Å². The average molecular weight is 560 g/mol. The highest BCUT2D eigenvalue weighted by Crippen LogP contribution is 2.33. The molecule has 0 amide bonds. The molecule has 0 spiro atoms. The number of anilines is 3. The van der Waals surface area contributed by atoms with E-state index in [-0.39, 0.29) is 5.75 Å². The second-order valence-corrected chi connectivity index (χ2v) is 12.1. The molecule has 10 nitrogen and oxygen atoms in total. The molecule has 5 aromatic rings. The number of likely N-dealkylation sites (N-methyl/N-ethyl adjacent to an activating group) is 1. The summed E-state index contributed by atoms with van der Waals surface area (Å²) in [5.74, 6) is 1.48. The van der Waals surface area contributed by atoms with Crippen molar-refractivity contribution >= 4 is 48.8 Å². The summed E-state index contributed by atoms with van der Waals surface area (Å²) >= 11 is 0. The fraction of sp³-hybridized carbons (Fsp3) is 0.276. The number of methoxy groups -OCH3 is 1. The fourth-order valence-corrected chi connectivity index (χ4v) is 5.13. The standard InChI is InChI=1S/C29H33N7O3S/c1-35(13-14-40(3,37)38)12-11-30-26-16-24-25(17-28(26)39-2)31-20-32-29(24)34-23-9-10-27-22(15-23)18-33-36(27)19-21-7-5-4-6-8-21/h4-10,15-18,20,30H,11-14,19H2,1-3H3,(H,31,32,34). The summed E-state index contributed by atoms with van der Waals surface area (Å²) in [5, 5.41) is 13.3. The summed E-state index contributed by atoms with van der Waals surface area (Å²) in [7, 11) is 0.535. The van der Waals surface area contributed by atoms with Gasteiger partial charge in [0.2, 0.25) is 0 Å². The van der Waals surface area contributed by atoms with Crippen LogP contribution in [-0.2, 0) is 16.4 Å². The van der Waals surface area contributed by atoms with Crippen molar-refractivity contribution in [2.45, 2.75) is 6.54 Å². The van der Waals surface area contributed by atoms with Gasteiger partial charge < -0.3 is 20.3 Å². The Hall–Kier alpha value is -4.22. The van der Waals surface area contributed by atoms with E-state index in [0.29, 0.717) is 37.7 Å². The lowest BCUT2D eigenvalue weighted by Gasteiger charge is -2.18. The van der Waals surface area contributed by atoms with E-state index in [1.165, 1.54) is 18.1 Å². The van der Waals surface area contributed by atoms with Gasteiger partial charge in [-0.3, -0.25) is 4.68 Å². The van der Waals surface area contributed by atoms with Crippen molar-refractivity contribution < 1.29 is 13.2 Å². The van der Waals surface area contributed by atoms with Gasteiger partial charge in [0.15, 0.2) is 0 Å². The van der Waals surface area contributed by atoms with Crippen LogP contribution in [0.15, 0.2) is 73.2 Å². The number of rotatable bonds is 12. The molecule has 0 aliphatic carbocycles. The van der Waals surface area contributed by atoms with Gasteiger partial charge in [-0.1, -0.05) is 30.3 Å². The molecular formula is C29H33N7O3S. The molecule has 208 valence electrons. The normalized spacial score (nSPS) is 11.8. The highest BCUT2D eigenvalue weighted by Gasteiger charge is 2.13. The molecule has 2 heterocycles. The van der Waals surface area contributed by atoms with Crippen LogP contribution in [0.3, 0.4) is 0 Å². The summed E-state index contributed by atoms with van der Waals surface area (Å²) in [6.45, 7) is 2.47. The maximum absolute atomic E-state index is 11.5. The third kappa shape index (κ3) is 6.67. The maximum Gasteiger partial charge on any atom is 0.148 e. The minimum Gasteiger partial charge on any atom is -0.495 e. The lowest BCUT2D eigenvalue weighted by molar-refractivity contribution is 0.367. The van der Waals surface area contributed by atoms with Crippen molar-refractivity contribution in [1.82, 2.24) is 24.6 Å². The molecule has 0 saturated carbocycles. The van der Waals surface area contributed by atoms with Crippen LogP contribution in [0.25, 0.3) is 21.8 Å². The van der Waals surface area contributed by atoms with Crippen molar-refractivity contribution in [2.24, 2.45) is 0 Å². The Labute approximate surface area is 233 Å². The first-order chi connectivity index (χ1) is 19.3. The molecule has 0 aliphatic heterocycles. The molecule has 0 aliphatic rings. The lowest BCUT2D eigenvalue weighted by Crippen LogP contribution is -2.29. The topological polar surface area (TPSA) is 114 Å². The first-order valence-corrected chi connectivity index (χ1v) is 15.0. The van der Waals surface area contributed by atoms with Crippen molar-refractivity contribution in [2.75, 3.05) is 56.4 Å². The molecule has 2 N–H and O–H groups in total. The van der Waals surface area contributed by atoms with Crippen LogP contribution in [-0.4, -0.2) is 78.9 Å². The minimum atomic E-state index is -2.99. The number of nitrogens with zero attached hydrogens (tertiary/aromatic N) is 5. The van der Waals surface area contributed by atoms with Gasteiger partial charge in [-0.15, -0.1) is 0 Å². The van der Waals surface area contributed by atoms with Gasteiger partial charge in [0.25, 0.3) is 0 Å². The van der Waals surface area contributed by atoms with E-state index in [1.807, 2.05) is 59.2 Å². The molecule has 0 unspecified atom stereocenters. The van der Waals surface area contributed by atoms with Crippen LogP contribution < -0.4 is 15.4 Å². The smallest absolute Gasteiger partial charge is 0.148 e. The summed E-state index contributed by atoms with van der Waals surface area (Å²) in [5.41, 5.74) is 4.70. The first-order valence-electron chi connectivity index (χ1n) is 13.0. The molecule has 11 heteroatoms. The molecule has 0 radical (unpaired) electrons. The van der Waals surface area contributed by atoms with E-state index in [1.54, 1.807) is 7.11 Å². The SMILES string of the molecule is COc1cc2ncnc(Nc3ccc4c(cnn4Cc4ccccc4)c3)c2cc1NCCN(C)CCS(C)(=O)=O. The van der Waals surface area contributed by atoms with Gasteiger partial charge in [0, 0.05) is 48.4 Å². The zero-order valence-electron chi connectivity index (χ0n) is 22.8. The molecule has 2 aromatic heterocycles.